The summed E-state index contributed by atoms with van der Waals surface area (Å²) in [5.41, 5.74) is -1.78. The van der Waals surface area contributed by atoms with Gasteiger partial charge in [0.05, 0.1) is 49.7 Å². The summed E-state index contributed by atoms with van der Waals surface area (Å²) in [6.07, 6.45) is 0. The number of anilines is 2. The molecule has 4 aromatic carbocycles. The second-order valence-corrected chi connectivity index (χ2v) is 15.5. The van der Waals surface area contributed by atoms with Crippen molar-refractivity contribution in [2.24, 2.45) is 0 Å². The molecule has 0 heterocycles. The summed E-state index contributed by atoms with van der Waals surface area (Å²) < 4.78 is 78.5. The van der Waals surface area contributed by atoms with E-state index in [9.17, 15) is 46.7 Å². The quantitative estimate of drug-likeness (QED) is 0.102. The number of nitro groups is 2. The zero-order valence-corrected chi connectivity index (χ0v) is 32.7. The van der Waals surface area contributed by atoms with Crippen molar-refractivity contribution in [1.29, 1.82) is 0 Å². The third-order valence-electron chi connectivity index (χ3n) is 8.16. The van der Waals surface area contributed by atoms with Crippen molar-refractivity contribution in [2.75, 3.05) is 56.7 Å². The van der Waals surface area contributed by atoms with Gasteiger partial charge in [-0.2, -0.15) is 0 Å². The highest BCUT2D eigenvalue weighted by Gasteiger charge is 2.36. The zero-order valence-electron chi connectivity index (χ0n) is 31.1. The van der Waals surface area contributed by atoms with Gasteiger partial charge in [0.15, 0.2) is 9.79 Å². The van der Waals surface area contributed by atoms with Crippen LogP contribution in [0.25, 0.3) is 0 Å². The van der Waals surface area contributed by atoms with Gasteiger partial charge in [0.25, 0.3) is 31.4 Å². The molecule has 2 amide bonds. The number of amides is 2. The Balaban J connectivity index is 1.59. The lowest BCUT2D eigenvalue weighted by molar-refractivity contribution is -0.388. The van der Waals surface area contributed by atoms with Gasteiger partial charge in [0, 0.05) is 36.9 Å². The van der Waals surface area contributed by atoms with Crippen LogP contribution in [0.4, 0.5) is 22.7 Å². The molecule has 0 aliphatic rings. The molecule has 4 rings (SSSR count). The number of para-hydroxylation sites is 2. The van der Waals surface area contributed by atoms with Crippen LogP contribution in [-0.4, -0.2) is 92.6 Å². The van der Waals surface area contributed by atoms with E-state index in [4.69, 9.17) is 18.9 Å². The average Bonchev–Trinajstić information content (AvgIpc) is 3.20. The van der Waals surface area contributed by atoms with Crippen molar-refractivity contribution in [2.45, 2.75) is 22.8 Å². The van der Waals surface area contributed by atoms with Gasteiger partial charge in [-0.3, -0.25) is 38.4 Å². The summed E-state index contributed by atoms with van der Waals surface area (Å²) >= 11 is 0. The van der Waals surface area contributed by atoms with E-state index in [1.165, 1.54) is 96.0 Å². The molecule has 0 saturated heterocycles. The van der Waals surface area contributed by atoms with E-state index in [-0.39, 0.29) is 40.9 Å². The highest BCUT2D eigenvalue weighted by Crippen LogP contribution is 2.38. The second kappa shape index (κ2) is 18.3. The smallest absolute Gasteiger partial charge is 0.289 e. The summed E-state index contributed by atoms with van der Waals surface area (Å²) in [6, 6.07) is 16.4. The number of carbonyl (C=O) groups is 2. The van der Waals surface area contributed by atoms with Crippen LogP contribution in [0, 0.1) is 20.2 Å². The van der Waals surface area contributed by atoms with Crippen molar-refractivity contribution in [1.82, 2.24) is 10.6 Å². The van der Waals surface area contributed by atoms with Gasteiger partial charge in [0.1, 0.15) is 36.1 Å². The fourth-order valence-electron chi connectivity index (χ4n) is 5.43. The first kappa shape index (κ1) is 43.1. The number of nitro benzene ring substituents is 2. The van der Waals surface area contributed by atoms with Crippen molar-refractivity contribution in [3.63, 3.8) is 0 Å². The maximum Gasteiger partial charge on any atom is 0.289 e. The summed E-state index contributed by atoms with van der Waals surface area (Å²) in [4.78, 5) is 47.3. The lowest BCUT2D eigenvalue weighted by atomic mass is 10.2. The molecule has 304 valence electrons. The molecule has 0 aliphatic carbocycles. The minimum atomic E-state index is -4.82. The molecule has 20 nitrogen and oxygen atoms in total. The summed E-state index contributed by atoms with van der Waals surface area (Å²) in [5.74, 6) is -1.32. The third-order valence-corrected chi connectivity index (χ3v) is 11.8. The van der Waals surface area contributed by atoms with Gasteiger partial charge in [-0.25, -0.2) is 16.8 Å². The molecule has 2 N–H and O–H groups in total. The predicted molar refractivity (Wildman–Crippen MR) is 205 cm³/mol. The first-order valence-electron chi connectivity index (χ1n) is 16.5. The Hall–Kier alpha value is -6.68. The van der Waals surface area contributed by atoms with Crippen LogP contribution in [0.5, 0.6) is 23.0 Å². The van der Waals surface area contributed by atoms with E-state index < -0.39 is 82.0 Å². The number of hydrogen-bond donors (Lipinski definition) is 2. The van der Waals surface area contributed by atoms with Crippen molar-refractivity contribution in [3.05, 3.63) is 105 Å². The summed E-state index contributed by atoms with van der Waals surface area (Å²) in [6.45, 7) is -0.667. The van der Waals surface area contributed by atoms with Crippen molar-refractivity contribution < 1.29 is 55.2 Å². The number of benzene rings is 4. The van der Waals surface area contributed by atoms with Crippen LogP contribution >= 0.6 is 0 Å². The number of hydrogen-bond acceptors (Lipinski definition) is 14. The van der Waals surface area contributed by atoms with E-state index in [2.05, 4.69) is 10.6 Å². The van der Waals surface area contributed by atoms with Gasteiger partial charge >= 0.3 is 0 Å². The first-order valence-corrected chi connectivity index (χ1v) is 19.4. The number of sulfonamides is 2. The maximum absolute atomic E-state index is 14.1. The number of rotatable bonds is 19. The van der Waals surface area contributed by atoms with Crippen LogP contribution in [0.15, 0.2) is 94.7 Å². The Labute approximate surface area is 327 Å². The van der Waals surface area contributed by atoms with Crippen LogP contribution in [0.3, 0.4) is 0 Å². The van der Waals surface area contributed by atoms with Crippen molar-refractivity contribution >= 4 is 54.6 Å². The second-order valence-electron chi connectivity index (χ2n) is 11.8. The van der Waals surface area contributed by atoms with Gasteiger partial charge in [-0.05, 0) is 43.3 Å². The Bertz CT molecular complexity index is 2380. The highest BCUT2D eigenvalue weighted by molar-refractivity contribution is 7.93. The number of nitrogens with zero attached hydrogens (tertiary/aromatic N) is 4. The normalized spacial score (nSPS) is 11.7. The molecule has 22 heteroatoms. The minimum Gasteiger partial charge on any atom is -0.497 e. The SMILES string of the molecule is COc1ccc(N(CC(=O)NC[C@@H](C)NC(=O)CN(c2ccc(OC)cc2OC)S(=O)(=O)c2ccccc2[N+](=O)[O-])S(=O)(=O)c2ccccc2[N+](=O)[O-])c(OC)c1. The highest BCUT2D eigenvalue weighted by atomic mass is 32.2. The molecule has 0 unspecified atom stereocenters. The zero-order chi connectivity index (χ0) is 42.1. The molecule has 0 bridgehead atoms. The fourth-order valence-corrected chi connectivity index (χ4v) is 8.61. The number of carbonyl (C=O) groups excluding carboxylic acids is 2. The lowest BCUT2D eigenvalue weighted by Crippen LogP contribution is -2.48. The van der Waals surface area contributed by atoms with Crippen LogP contribution in [0.2, 0.25) is 0 Å². The van der Waals surface area contributed by atoms with E-state index >= 15 is 0 Å². The third kappa shape index (κ3) is 9.77. The van der Waals surface area contributed by atoms with Crippen molar-refractivity contribution in [3.8, 4) is 23.0 Å². The van der Waals surface area contributed by atoms with Gasteiger partial charge < -0.3 is 29.6 Å². The Morgan fingerprint density at radius 3 is 1.44 bits per heavy atom. The Morgan fingerprint density at radius 1 is 0.649 bits per heavy atom. The minimum absolute atomic E-state index is 0.0428. The van der Waals surface area contributed by atoms with Crippen LogP contribution < -0.4 is 38.2 Å². The molecule has 0 fully saturated rings. The van der Waals surface area contributed by atoms with Gasteiger partial charge in [-0.15, -0.1) is 0 Å². The van der Waals surface area contributed by atoms with Crippen LogP contribution in [-0.2, 0) is 29.6 Å². The van der Waals surface area contributed by atoms with E-state index in [1.807, 2.05) is 0 Å². The molecule has 1 atom stereocenters. The molecule has 0 radical (unpaired) electrons. The van der Waals surface area contributed by atoms with E-state index in [0.29, 0.717) is 8.61 Å². The molecule has 4 aromatic rings. The van der Waals surface area contributed by atoms with Gasteiger partial charge in [0.2, 0.25) is 11.8 Å². The number of ether oxygens (including phenoxy) is 4. The maximum atomic E-state index is 14.1. The largest absolute Gasteiger partial charge is 0.497 e. The van der Waals surface area contributed by atoms with Crippen LogP contribution in [0.1, 0.15) is 6.92 Å². The first-order chi connectivity index (χ1) is 27.0. The lowest BCUT2D eigenvalue weighted by Gasteiger charge is -2.27. The van der Waals surface area contributed by atoms with E-state index in [1.54, 1.807) is 0 Å². The number of nitrogens with one attached hydrogen (secondary N) is 2. The molecular weight excluding hydrogens is 793 g/mol. The fraction of sp³-hybridized carbons (Fsp3) is 0.257. The molecule has 0 spiro atoms. The molecular formula is C35H38N6O14S2. The summed E-state index contributed by atoms with van der Waals surface area (Å²) in [7, 11) is -4.40. The molecule has 0 aliphatic heterocycles. The average molecular weight is 831 g/mol. The summed E-state index contributed by atoms with van der Waals surface area (Å²) in [5, 5.41) is 28.6. The Morgan fingerprint density at radius 2 is 1.05 bits per heavy atom. The standard InChI is InChI=1S/C35H38N6O14S2/c1-23(37-35(43)22-39(27-17-15-25(53-3)19-31(27)55-5)57(50,51)33-13-9-7-11-29(33)41(46)47)20-36-34(42)21-38(26-16-14-24(52-2)18-30(26)54-4)56(48,49)32-12-8-6-10-28(32)40(44)45/h6-19,23H,20-22H2,1-5H3,(H,36,42)(H,37,43)/t23-/m1/s1. The number of methoxy groups -OCH3 is 4. The molecule has 57 heavy (non-hydrogen) atoms. The predicted octanol–water partition coefficient (Wildman–Crippen LogP) is 3.25. The monoisotopic (exact) mass is 830 g/mol. The molecule has 0 saturated carbocycles. The van der Waals surface area contributed by atoms with Gasteiger partial charge in [-0.1, -0.05) is 24.3 Å². The Kier molecular flexibility index (Phi) is 13.8. The molecule has 0 aromatic heterocycles. The topological polar surface area (TPSA) is 256 Å². The van der Waals surface area contributed by atoms with E-state index in [0.717, 1.165) is 24.3 Å².